The summed E-state index contributed by atoms with van der Waals surface area (Å²) in [5.74, 6) is 0.0470. The van der Waals surface area contributed by atoms with Crippen LogP contribution in [0.25, 0.3) is 0 Å². The Morgan fingerprint density at radius 3 is 2.52 bits per heavy atom. The fourth-order valence-electron chi connectivity index (χ4n) is 2.78. The van der Waals surface area contributed by atoms with Crippen molar-refractivity contribution in [2.24, 2.45) is 0 Å². The zero-order valence-corrected chi connectivity index (χ0v) is 17.0. The molecule has 5 nitrogen and oxygen atoms in total. The zero-order valence-electron chi connectivity index (χ0n) is 17.0. The van der Waals surface area contributed by atoms with Gasteiger partial charge in [0.05, 0.1) is 12.2 Å². The maximum absolute atomic E-state index is 12.2. The number of ether oxygens (including phenoxy) is 2. The number of esters is 1. The van der Waals surface area contributed by atoms with Crippen molar-refractivity contribution >= 4 is 17.6 Å². The van der Waals surface area contributed by atoms with Crippen LogP contribution >= 0.6 is 0 Å². The van der Waals surface area contributed by atoms with Crippen LogP contribution in [0.15, 0.2) is 61.2 Å². The molecule has 0 radical (unpaired) electrons. The molecule has 29 heavy (non-hydrogen) atoms. The van der Waals surface area contributed by atoms with Crippen molar-refractivity contribution < 1.29 is 19.1 Å². The van der Waals surface area contributed by atoms with E-state index in [1.165, 1.54) is 0 Å². The Hall–Kier alpha value is -3.08. The first-order valence-corrected chi connectivity index (χ1v) is 10.0. The molecule has 0 aromatic heterocycles. The van der Waals surface area contributed by atoms with Crippen molar-refractivity contribution in [2.45, 2.75) is 39.0 Å². The van der Waals surface area contributed by atoms with Crippen LogP contribution in [0, 0.1) is 0 Å². The highest BCUT2D eigenvalue weighted by Crippen LogP contribution is 2.19. The summed E-state index contributed by atoms with van der Waals surface area (Å²) in [6.07, 6.45) is 6.70. The summed E-state index contributed by atoms with van der Waals surface area (Å²) in [6.45, 7) is 6.20. The van der Waals surface area contributed by atoms with Crippen molar-refractivity contribution in [1.82, 2.24) is 0 Å². The van der Waals surface area contributed by atoms with Gasteiger partial charge in [0.25, 0.3) is 5.91 Å². The van der Waals surface area contributed by atoms with Gasteiger partial charge in [0.2, 0.25) is 0 Å². The minimum absolute atomic E-state index is 0.101. The fraction of sp³-hybridized carbons (Fsp3) is 0.333. The van der Waals surface area contributed by atoms with E-state index in [-0.39, 0.29) is 18.5 Å². The highest BCUT2D eigenvalue weighted by Gasteiger charge is 2.09. The molecule has 2 aromatic carbocycles. The second-order valence-electron chi connectivity index (χ2n) is 6.71. The molecule has 0 saturated carbocycles. The third kappa shape index (κ3) is 7.82. The quantitative estimate of drug-likeness (QED) is 0.306. The molecule has 0 saturated heterocycles. The van der Waals surface area contributed by atoms with E-state index in [9.17, 15) is 9.59 Å². The van der Waals surface area contributed by atoms with Crippen molar-refractivity contribution in [1.29, 1.82) is 0 Å². The van der Waals surface area contributed by atoms with Crippen molar-refractivity contribution in [3.63, 3.8) is 0 Å². The molecule has 0 unspecified atom stereocenters. The van der Waals surface area contributed by atoms with E-state index in [2.05, 4.69) is 18.8 Å². The van der Waals surface area contributed by atoms with E-state index in [1.807, 2.05) is 24.3 Å². The maximum atomic E-state index is 12.2. The zero-order chi connectivity index (χ0) is 20.9. The number of carbonyl (C=O) groups excluding carboxylic acids is 2. The van der Waals surface area contributed by atoms with Gasteiger partial charge in [-0.2, -0.15) is 0 Å². The summed E-state index contributed by atoms with van der Waals surface area (Å²) in [5, 5.41) is 2.76. The number of anilines is 1. The Morgan fingerprint density at radius 2 is 1.79 bits per heavy atom. The molecule has 1 N–H and O–H groups in total. The number of amides is 1. The van der Waals surface area contributed by atoms with E-state index < -0.39 is 0 Å². The number of benzene rings is 2. The van der Waals surface area contributed by atoms with E-state index >= 15 is 0 Å². The minimum atomic E-state index is -0.346. The number of para-hydroxylation sites is 1. The van der Waals surface area contributed by atoms with Crippen LogP contribution in [0.2, 0.25) is 0 Å². The third-order valence-electron chi connectivity index (χ3n) is 4.33. The number of nitrogens with one attached hydrogen (secondary N) is 1. The van der Waals surface area contributed by atoms with E-state index in [0.29, 0.717) is 30.0 Å². The molecule has 0 spiro atoms. The van der Waals surface area contributed by atoms with Gasteiger partial charge in [-0.05, 0) is 48.7 Å². The van der Waals surface area contributed by atoms with Crippen LogP contribution in [0.5, 0.6) is 5.75 Å². The van der Waals surface area contributed by atoms with Gasteiger partial charge >= 0.3 is 5.97 Å². The first-order valence-electron chi connectivity index (χ1n) is 10.0. The molecule has 0 heterocycles. The summed E-state index contributed by atoms with van der Waals surface area (Å²) in [7, 11) is 0. The monoisotopic (exact) mass is 395 g/mol. The number of allylic oxidation sites excluding steroid dienone is 1. The van der Waals surface area contributed by atoms with Gasteiger partial charge in [-0.15, -0.1) is 6.58 Å². The molecule has 0 aliphatic heterocycles. The average molecular weight is 395 g/mol. The van der Waals surface area contributed by atoms with Gasteiger partial charge < -0.3 is 14.8 Å². The van der Waals surface area contributed by atoms with Crippen LogP contribution < -0.4 is 10.1 Å². The van der Waals surface area contributed by atoms with Crippen LogP contribution in [0.3, 0.4) is 0 Å². The Labute approximate surface area is 172 Å². The lowest BCUT2D eigenvalue weighted by Gasteiger charge is -2.11. The van der Waals surface area contributed by atoms with Crippen LogP contribution in [-0.4, -0.2) is 25.1 Å². The summed E-state index contributed by atoms with van der Waals surface area (Å²) >= 11 is 0. The van der Waals surface area contributed by atoms with Crippen molar-refractivity contribution in [3.8, 4) is 5.75 Å². The van der Waals surface area contributed by atoms with Gasteiger partial charge in [0, 0.05) is 5.69 Å². The Kier molecular flexibility index (Phi) is 9.49. The lowest BCUT2D eigenvalue weighted by Crippen LogP contribution is -2.20. The topological polar surface area (TPSA) is 64.6 Å². The maximum Gasteiger partial charge on any atom is 0.338 e. The third-order valence-corrected chi connectivity index (χ3v) is 4.33. The van der Waals surface area contributed by atoms with Crippen molar-refractivity contribution in [3.05, 3.63) is 72.3 Å². The molecule has 0 aliphatic carbocycles. The number of hydrogen-bond acceptors (Lipinski definition) is 4. The predicted octanol–water partition coefficient (Wildman–Crippen LogP) is 5.17. The van der Waals surface area contributed by atoms with Gasteiger partial charge in [0.1, 0.15) is 5.75 Å². The second-order valence-corrected chi connectivity index (χ2v) is 6.71. The fourth-order valence-corrected chi connectivity index (χ4v) is 2.78. The van der Waals surface area contributed by atoms with Gasteiger partial charge in [-0.25, -0.2) is 4.79 Å². The van der Waals surface area contributed by atoms with E-state index in [0.717, 1.165) is 31.2 Å². The molecule has 154 valence electrons. The number of carbonyl (C=O) groups is 2. The molecule has 0 aliphatic rings. The number of unbranched alkanes of at least 4 members (excludes halogenated alkanes) is 3. The van der Waals surface area contributed by atoms with E-state index in [1.54, 1.807) is 30.3 Å². The lowest BCUT2D eigenvalue weighted by atomic mass is 10.1. The Bertz CT molecular complexity index is 799. The molecular formula is C24H29NO4. The lowest BCUT2D eigenvalue weighted by molar-refractivity contribution is -0.118. The summed E-state index contributed by atoms with van der Waals surface area (Å²) in [5.41, 5.74) is 2.04. The molecule has 2 aromatic rings. The largest absolute Gasteiger partial charge is 0.483 e. The molecule has 5 heteroatoms. The molecule has 0 fully saturated rings. The minimum Gasteiger partial charge on any atom is -0.483 e. The van der Waals surface area contributed by atoms with Gasteiger partial charge in [0.15, 0.2) is 6.61 Å². The Balaban J connectivity index is 1.79. The smallest absolute Gasteiger partial charge is 0.338 e. The molecular weight excluding hydrogens is 366 g/mol. The molecule has 0 atom stereocenters. The molecule has 0 bridgehead atoms. The highest BCUT2D eigenvalue weighted by molar-refractivity contribution is 5.93. The summed E-state index contributed by atoms with van der Waals surface area (Å²) in [4.78, 5) is 24.2. The first kappa shape index (κ1) is 22.2. The highest BCUT2D eigenvalue weighted by atomic mass is 16.5. The molecule has 1 amide bonds. The second kappa shape index (κ2) is 12.4. The van der Waals surface area contributed by atoms with E-state index in [4.69, 9.17) is 9.47 Å². The van der Waals surface area contributed by atoms with Crippen LogP contribution in [0.4, 0.5) is 5.69 Å². The first-order chi connectivity index (χ1) is 14.1. The number of hydrogen-bond donors (Lipinski definition) is 1. The van der Waals surface area contributed by atoms with Crippen LogP contribution in [-0.2, 0) is 16.0 Å². The van der Waals surface area contributed by atoms with Crippen LogP contribution in [0.1, 0.15) is 48.5 Å². The van der Waals surface area contributed by atoms with Gasteiger partial charge in [-0.3, -0.25) is 4.79 Å². The summed E-state index contributed by atoms with van der Waals surface area (Å²) in [6, 6.07) is 14.2. The predicted molar refractivity (Wildman–Crippen MR) is 115 cm³/mol. The summed E-state index contributed by atoms with van der Waals surface area (Å²) < 4.78 is 10.9. The average Bonchev–Trinajstić information content (AvgIpc) is 2.73. The standard InChI is InChI=1S/C24H29NO4/c1-3-5-6-9-17-28-24(27)20-13-15-21(16-14-20)25-23(26)18-29-22-12-8-7-11-19(22)10-4-2/h4,7-8,11-16H,2-3,5-6,9-10,17-18H2,1H3,(H,25,26). The van der Waals surface area contributed by atoms with Gasteiger partial charge in [-0.1, -0.05) is 50.5 Å². The SMILES string of the molecule is C=CCc1ccccc1OCC(=O)Nc1ccc(C(=O)OCCCCCC)cc1. The Morgan fingerprint density at radius 1 is 1.03 bits per heavy atom. The normalized spacial score (nSPS) is 10.2. The molecule has 2 rings (SSSR count). The van der Waals surface area contributed by atoms with Crippen molar-refractivity contribution in [2.75, 3.05) is 18.5 Å². The number of rotatable bonds is 12.